The number of fused-ring (bicyclic) bond motifs is 1. The lowest BCUT2D eigenvalue weighted by Crippen LogP contribution is -2.11. The quantitative estimate of drug-likeness (QED) is 0.599. The summed E-state index contributed by atoms with van der Waals surface area (Å²) in [5.74, 6) is -0.114. The summed E-state index contributed by atoms with van der Waals surface area (Å²) in [6, 6.07) is 21.0. The summed E-state index contributed by atoms with van der Waals surface area (Å²) in [6.45, 7) is 2.05. The first kappa shape index (κ1) is 15.1. The Morgan fingerprint density at radius 3 is 2.52 bits per heavy atom. The Hall–Kier alpha value is -3.40. The van der Waals surface area contributed by atoms with Gasteiger partial charge in [0.1, 0.15) is 5.65 Å². The Labute approximate surface area is 145 Å². The molecule has 4 aromatic rings. The van der Waals surface area contributed by atoms with E-state index >= 15 is 0 Å². The van der Waals surface area contributed by atoms with E-state index in [0.29, 0.717) is 5.56 Å². The van der Waals surface area contributed by atoms with E-state index in [9.17, 15) is 4.79 Å². The second kappa shape index (κ2) is 6.24. The topological polar surface area (TPSA) is 46.4 Å². The van der Waals surface area contributed by atoms with Gasteiger partial charge in [0.15, 0.2) is 0 Å². The molecule has 25 heavy (non-hydrogen) atoms. The number of aromatic nitrogens is 2. The molecule has 4 heteroatoms. The fraction of sp³-hybridized carbons (Fsp3) is 0.0476. The number of hydrogen-bond acceptors (Lipinski definition) is 2. The molecule has 0 atom stereocenters. The van der Waals surface area contributed by atoms with Crippen molar-refractivity contribution < 1.29 is 4.79 Å². The van der Waals surface area contributed by atoms with Crippen molar-refractivity contribution in [2.24, 2.45) is 0 Å². The minimum atomic E-state index is -0.114. The van der Waals surface area contributed by atoms with E-state index in [1.807, 2.05) is 59.3 Å². The monoisotopic (exact) mass is 327 g/mol. The van der Waals surface area contributed by atoms with Crippen molar-refractivity contribution in [3.63, 3.8) is 0 Å². The number of anilines is 1. The van der Waals surface area contributed by atoms with Gasteiger partial charge in [0.25, 0.3) is 5.91 Å². The molecular formula is C21H17N3O. The van der Waals surface area contributed by atoms with Crippen LogP contribution in [0.2, 0.25) is 0 Å². The molecule has 0 aliphatic carbocycles. The van der Waals surface area contributed by atoms with Crippen molar-refractivity contribution in [1.82, 2.24) is 9.38 Å². The number of carbonyl (C=O) groups excluding carboxylic acids is 1. The van der Waals surface area contributed by atoms with Crippen LogP contribution in [0.4, 0.5) is 5.69 Å². The molecule has 1 amide bonds. The Kier molecular flexibility index (Phi) is 3.78. The van der Waals surface area contributed by atoms with Gasteiger partial charge in [-0.3, -0.25) is 4.79 Å². The third kappa shape index (κ3) is 3.15. The summed E-state index contributed by atoms with van der Waals surface area (Å²) in [5, 5.41) is 2.91. The number of hydrogen-bond donors (Lipinski definition) is 1. The van der Waals surface area contributed by atoms with Gasteiger partial charge in [0.05, 0.1) is 5.69 Å². The summed E-state index contributed by atoms with van der Waals surface area (Å²) in [4.78, 5) is 16.8. The minimum Gasteiger partial charge on any atom is -0.322 e. The van der Waals surface area contributed by atoms with Gasteiger partial charge in [0.2, 0.25) is 0 Å². The summed E-state index contributed by atoms with van der Waals surface area (Å²) in [7, 11) is 0. The van der Waals surface area contributed by atoms with E-state index in [4.69, 9.17) is 0 Å². The average Bonchev–Trinajstić information content (AvgIpc) is 3.06. The van der Waals surface area contributed by atoms with Gasteiger partial charge in [-0.2, -0.15) is 0 Å². The highest BCUT2D eigenvalue weighted by Gasteiger charge is 2.07. The number of pyridine rings is 1. The third-order valence-corrected chi connectivity index (χ3v) is 4.09. The zero-order chi connectivity index (χ0) is 17.2. The minimum absolute atomic E-state index is 0.114. The number of amides is 1. The van der Waals surface area contributed by atoms with Crippen molar-refractivity contribution in [3.8, 4) is 11.3 Å². The fourth-order valence-electron chi connectivity index (χ4n) is 2.74. The predicted molar refractivity (Wildman–Crippen MR) is 99.8 cm³/mol. The molecule has 2 aromatic heterocycles. The molecule has 4 nitrogen and oxygen atoms in total. The van der Waals surface area contributed by atoms with Crippen LogP contribution in [0.1, 0.15) is 15.9 Å². The highest BCUT2D eigenvalue weighted by molar-refractivity contribution is 6.04. The van der Waals surface area contributed by atoms with E-state index < -0.39 is 0 Å². The lowest BCUT2D eigenvalue weighted by atomic mass is 10.1. The van der Waals surface area contributed by atoms with Crippen molar-refractivity contribution >= 4 is 17.2 Å². The van der Waals surface area contributed by atoms with Gasteiger partial charge < -0.3 is 9.72 Å². The Balaban J connectivity index is 1.56. The highest BCUT2D eigenvalue weighted by Crippen LogP contribution is 2.22. The molecule has 0 bridgehead atoms. The fourth-order valence-corrected chi connectivity index (χ4v) is 2.74. The molecule has 0 radical (unpaired) electrons. The summed E-state index contributed by atoms with van der Waals surface area (Å²) >= 11 is 0. The van der Waals surface area contributed by atoms with E-state index in [1.165, 1.54) is 5.56 Å². The molecule has 2 heterocycles. The number of nitrogens with one attached hydrogen (secondary N) is 1. The van der Waals surface area contributed by atoms with Crippen LogP contribution in [-0.2, 0) is 0 Å². The molecule has 0 spiro atoms. The van der Waals surface area contributed by atoms with Crippen LogP contribution in [0.15, 0.2) is 79.1 Å². The van der Waals surface area contributed by atoms with Gasteiger partial charge in [-0.1, -0.05) is 30.3 Å². The Bertz CT molecular complexity index is 1030. The smallest absolute Gasteiger partial charge is 0.255 e. The summed E-state index contributed by atoms with van der Waals surface area (Å²) in [6.07, 6.45) is 4.02. The maximum atomic E-state index is 12.2. The number of aryl methyl sites for hydroxylation is 1. The van der Waals surface area contributed by atoms with Gasteiger partial charge in [-0.25, -0.2) is 4.98 Å². The zero-order valence-corrected chi connectivity index (χ0v) is 13.8. The van der Waals surface area contributed by atoms with Gasteiger partial charge in [0, 0.05) is 29.2 Å². The second-order valence-corrected chi connectivity index (χ2v) is 5.99. The van der Waals surface area contributed by atoms with Crippen LogP contribution >= 0.6 is 0 Å². The van der Waals surface area contributed by atoms with Crippen LogP contribution in [0.5, 0.6) is 0 Å². The first-order valence-corrected chi connectivity index (χ1v) is 8.11. The van der Waals surface area contributed by atoms with E-state index in [-0.39, 0.29) is 5.91 Å². The standard InChI is InChI=1S/C21H17N3O/c1-15-11-12-24-14-19(23-20(24)13-15)16-7-9-18(10-8-16)22-21(25)17-5-3-2-4-6-17/h2-14H,1H3,(H,22,25). The van der Waals surface area contributed by atoms with Crippen molar-refractivity contribution in [2.45, 2.75) is 6.92 Å². The molecule has 0 aliphatic heterocycles. The molecule has 0 fully saturated rings. The largest absolute Gasteiger partial charge is 0.322 e. The third-order valence-electron chi connectivity index (χ3n) is 4.09. The van der Waals surface area contributed by atoms with Crippen molar-refractivity contribution in [2.75, 3.05) is 5.32 Å². The SMILES string of the molecule is Cc1ccn2cc(-c3ccc(NC(=O)c4ccccc4)cc3)nc2c1. The van der Waals surface area contributed by atoms with Gasteiger partial charge >= 0.3 is 0 Å². The molecule has 2 aromatic carbocycles. The summed E-state index contributed by atoms with van der Waals surface area (Å²) in [5.41, 5.74) is 5.44. The molecule has 4 rings (SSSR count). The van der Waals surface area contributed by atoms with Gasteiger partial charge in [-0.15, -0.1) is 0 Å². The number of nitrogens with zero attached hydrogens (tertiary/aromatic N) is 2. The zero-order valence-electron chi connectivity index (χ0n) is 13.8. The van der Waals surface area contributed by atoms with Crippen molar-refractivity contribution in [3.05, 3.63) is 90.3 Å². The number of imidazole rings is 1. The maximum absolute atomic E-state index is 12.2. The van der Waals surface area contributed by atoms with Crippen LogP contribution in [-0.4, -0.2) is 15.3 Å². The van der Waals surface area contributed by atoms with Crippen LogP contribution < -0.4 is 5.32 Å². The molecule has 1 N–H and O–H groups in total. The van der Waals surface area contributed by atoms with E-state index in [1.54, 1.807) is 12.1 Å². The first-order valence-electron chi connectivity index (χ1n) is 8.11. The van der Waals surface area contributed by atoms with E-state index in [0.717, 1.165) is 22.6 Å². The number of rotatable bonds is 3. The molecule has 0 saturated heterocycles. The predicted octanol–water partition coefficient (Wildman–Crippen LogP) is 4.56. The van der Waals surface area contributed by atoms with Crippen LogP contribution in [0, 0.1) is 6.92 Å². The first-order chi connectivity index (χ1) is 12.2. The molecule has 0 saturated carbocycles. The summed E-state index contributed by atoms with van der Waals surface area (Å²) < 4.78 is 2.01. The van der Waals surface area contributed by atoms with Crippen molar-refractivity contribution in [1.29, 1.82) is 0 Å². The Morgan fingerprint density at radius 2 is 1.76 bits per heavy atom. The molecular weight excluding hydrogens is 310 g/mol. The molecule has 0 unspecified atom stereocenters. The highest BCUT2D eigenvalue weighted by atomic mass is 16.1. The maximum Gasteiger partial charge on any atom is 0.255 e. The van der Waals surface area contributed by atoms with Gasteiger partial charge in [-0.05, 0) is 48.9 Å². The molecule has 0 aliphatic rings. The number of carbonyl (C=O) groups is 1. The van der Waals surface area contributed by atoms with Crippen LogP contribution in [0.3, 0.4) is 0 Å². The normalized spacial score (nSPS) is 10.8. The lowest BCUT2D eigenvalue weighted by molar-refractivity contribution is 0.102. The second-order valence-electron chi connectivity index (χ2n) is 5.99. The van der Waals surface area contributed by atoms with E-state index in [2.05, 4.69) is 29.4 Å². The number of benzene rings is 2. The van der Waals surface area contributed by atoms with Crippen LogP contribution in [0.25, 0.3) is 16.9 Å². The average molecular weight is 327 g/mol. The Morgan fingerprint density at radius 1 is 1.00 bits per heavy atom. The molecule has 122 valence electrons. The lowest BCUT2D eigenvalue weighted by Gasteiger charge is -2.05.